The van der Waals surface area contributed by atoms with Crippen molar-refractivity contribution in [3.63, 3.8) is 0 Å². The maximum atomic E-state index is 13.0. The number of anilines is 1. The highest BCUT2D eigenvalue weighted by Crippen LogP contribution is 2.21. The minimum atomic E-state index is -0.312. The van der Waals surface area contributed by atoms with Crippen molar-refractivity contribution < 1.29 is 4.79 Å². The molecule has 0 saturated heterocycles. The summed E-state index contributed by atoms with van der Waals surface area (Å²) in [5.74, 6) is -0.312. The fourth-order valence-corrected chi connectivity index (χ4v) is 3.46. The average molecular weight is 354 g/mol. The number of para-hydroxylation sites is 1. The van der Waals surface area contributed by atoms with E-state index in [0.29, 0.717) is 6.42 Å². The zero-order valence-electron chi connectivity index (χ0n) is 16.6. The SMILES string of the molecule is CCCCCn1c(C)cc(=O)c(C(=O)Nc2c(C)cccc2C)c1CC. The highest BCUT2D eigenvalue weighted by molar-refractivity contribution is 6.05. The van der Waals surface area contributed by atoms with Gasteiger partial charge in [0, 0.05) is 29.7 Å². The van der Waals surface area contributed by atoms with Gasteiger partial charge in [0.15, 0.2) is 5.43 Å². The third-order valence-electron chi connectivity index (χ3n) is 4.89. The quantitative estimate of drug-likeness (QED) is 0.728. The normalized spacial score (nSPS) is 10.8. The molecule has 26 heavy (non-hydrogen) atoms. The highest BCUT2D eigenvalue weighted by atomic mass is 16.2. The Hall–Kier alpha value is -2.36. The number of nitrogens with zero attached hydrogens (tertiary/aromatic N) is 1. The van der Waals surface area contributed by atoms with E-state index in [2.05, 4.69) is 16.8 Å². The van der Waals surface area contributed by atoms with Crippen molar-refractivity contribution in [1.82, 2.24) is 4.57 Å². The smallest absolute Gasteiger partial charge is 0.261 e. The van der Waals surface area contributed by atoms with E-state index in [4.69, 9.17) is 0 Å². The van der Waals surface area contributed by atoms with Crippen molar-refractivity contribution in [2.45, 2.75) is 66.8 Å². The first kappa shape index (κ1) is 20.0. The predicted octanol–water partition coefficient (Wildman–Crippen LogP) is 4.78. The third kappa shape index (κ3) is 4.24. The molecule has 1 amide bonds. The van der Waals surface area contributed by atoms with E-state index in [9.17, 15) is 9.59 Å². The van der Waals surface area contributed by atoms with Crippen molar-refractivity contribution in [3.8, 4) is 0 Å². The number of pyridine rings is 1. The fourth-order valence-electron chi connectivity index (χ4n) is 3.46. The summed E-state index contributed by atoms with van der Waals surface area (Å²) in [4.78, 5) is 25.6. The molecule has 0 aliphatic rings. The molecular formula is C22H30N2O2. The molecule has 4 heteroatoms. The Kier molecular flexibility index (Phi) is 6.78. The Bertz CT molecular complexity index is 830. The monoisotopic (exact) mass is 354 g/mol. The Balaban J connectivity index is 2.45. The van der Waals surface area contributed by atoms with Gasteiger partial charge in [-0.05, 0) is 44.7 Å². The predicted molar refractivity (Wildman–Crippen MR) is 108 cm³/mol. The van der Waals surface area contributed by atoms with E-state index in [1.807, 2.05) is 45.9 Å². The number of carbonyl (C=O) groups excluding carboxylic acids is 1. The molecular weight excluding hydrogens is 324 g/mol. The van der Waals surface area contributed by atoms with E-state index < -0.39 is 0 Å². The van der Waals surface area contributed by atoms with E-state index in [1.165, 1.54) is 0 Å². The van der Waals surface area contributed by atoms with E-state index in [-0.39, 0.29) is 16.9 Å². The summed E-state index contributed by atoms with van der Waals surface area (Å²) in [6, 6.07) is 7.47. The molecule has 1 N–H and O–H groups in total. The second kappa shape index (κ2) is 8.84. The Morgan fingerprint density at radius 2 is 1.73 bits per heavy atom. The van der Waals surface area contributed by atoms with Crippen LogP contribution in [0.3, 0.4) is 0 Å². The number of nitrogens with one attached hydrogen (secondary N) is 1. The van der Waals surface area contributed by atoms with Crippen molar-refractivity contribution in [3.05, 3.63) is 62.6 Å². The van der Waals surface area contributed by atoms with Gasteiger partial charge >= 0.3 is 0 Å². The lowest BCUT2D eigenvalue weighted by molar-refractivity contribution is 0.102. The number of unbranched alkanes of at least 4 members (excludes halogenated alkanes) is 2. The lowest BCUT2D eigenvalue weighted by Gasteiger charge is -2.20. The summed E-state index contributed by atoms with van der Waals surface area (Å²) < 4.78 is 2.14. The summed E-state index contributed by atoms with van der Waals surface area (Å²) in [5.41, 5.74) is 4.60. The van der Waals surface area contributed by atoms with Crippen LogP contribution in [0.4, 0.5) is 5.69 Å². The summed E-state index contributed by atoms with van der Waals surface area (Å²) in [6.45, 7) is 10.9. The molecule has 0 spiro atoms. The van der Waals surface area contributed by atoms with Crippen LogP contribution in [-0.4, -0.2) is 10.5 Å². The molecule has 0 unspecified atom stereocenters. The minimum Gasteiger partial charge on any atom is -0.348 e. The Morgan fingerprint density at radius 1 is 1.08 bits per heavy atom. The van der Waals surface area contributed by atoms with Crippen molar-refractivity contribution >= 4 is 11.6 Å². The molecule has 0 aliphatic carbocycles. The number of aromatic nitrogens is 1. The standard InChI is InChI=1S/C22H30N2O2/c1-6-8-9-13-24-17(5)14-19(25)20(18(24)7-2)22(26)23-21-15(3)11-10-12-16(21)4/h10-12,14H,6-9,13H2,1-5H3,(H,23,26). The fraction of sp³-hybridized carbons (Fsp3) is 0.455. The van der Waals surface area contributed by atoms with Gasteiger partial charge in [0.05, 0.1) is 0 Å². The lowest BCUT2D eigenvalue weighted by atomic mass is 10.1. The van der Waals surface area contributed by atoms with Crippen molar-refractivity contribution in [2.24, 2.45) is 0 Å². The van der Waals surface area contributed by atoms with Crippen LogP contribution in [0.5, 0.6) is 0 Å². The van der Waals surface area contributed by atoms with Crippen LogP contribution < -0.4 is 10.7 Å². The van der Waals surface area contributed by atoms with Crippen LogP contribution in [0.15, 0.2) is 29.1 Å². The summed E-state index contributed by atoms with van der Waals surface area (Å²) >= 11 is 0. The van der Waals surface area contributed by atoms with Crippen molar-refractivity contribution in [2.75, 3.05) is 5.32 Å². The van der Waals surface area contributed by atoms with Gasteiger partial charge in [-0.15, -0.1) is 0 Å². The number of carbonyl (C=O) groups is 1. The Labute approximate surface area is 156 Å². The van der Waals surface area contributed by atoms with Gasteiger partial charge < -0.3 is 9.88 Å². The van der Waals surface area contributed by atoms with Gasteiger partial charge in [-0.2, -0.15) is 0 Å². The van der Waals surface area contributed by atoms with Crippen LogP contribution in [0.1, 0.15) is 66.0 Å². The molecule has 0 aliphatic heterocycles. The first-order valence-corrected chi connectivity index (χ1v) is 9.51. The summed E-state index contributed by atoms with van der Waals surface area (Å²) in [6.07, 6.45) is 3.98. The first-order chi connectivity index (χ1) is 12.4. The van der Waals surface area contributed by atoms with Crippen LogP contribution in [-0.2, 0) is 13.0 Å². The van der Waals surface area contributed by atoms with Gasteiger partial charge in [-0.25, -0.2) is 0 Å². The molecule has 2 aromatic rings. The van der Waals surface area contributed by atoms with Gasteiger partial charge in [0.2, 0.25) is 0 Å². The van der Waals surface area contributed by atoms with E-state index >= 15 is 0 Å². The molecule has 0 atom stereocenters. The van der Waals surface area contributed by atoms with Gasteiger partial charge in [-0.1, -0.05) is 44.9 Å². The molecule has 0 radical (unpaired) electrons. The van der Waals surface area contributed by atoms with Crippen LogP contribution in [0, 0.1) is 20.8 Å². The molecule has 1 aromatic heterocycles. The van der Waals surface area contributed by atoms with Crippen LogP contribution >= 0.6 is 0 Å². The van der Waals surface area contributed by atoms with E-state index in [0.717, 1.165) is 54.0 Å². The second-order valence-electron chi connectivity index (χ2n) is 6.90. The lowest BCUT2D eigenvalue weighted by Crippen LogP contribution is -2.28. The highest BCUT2D eigenvalue weighted by Gasteiger charge is 2.20. The number of hydrogen-bond donors (Lipinski definition) is 1. The second-order valence-corrected chi connectivity index (χ2v) is 6.90. The number of hydrogen-bond acceptors (Lipinski definition) is 2. The molecule has 0 bridgehead atoms. The van der Waals surface area contributed by atoms with Gasteiger partial charge in [0.1, 0.15) is 5.56 Å². The van der Waals surface area contributed by atoms with Gasteiger partial charge in [0.25, 0.3) is 5.91 Å². The third-order valence-corrected chi connectivity index (χ3v) is 4.89. The van der Waals surface area contributed by atoms with Crippen LogP contribution in [0.2, 0.25) is 0 Å². The zero-order chi connectivity index (χ0) is 19.3. The zero-order valence-corrected chi connectivity index (χ0v) is 16.6. The topological polar surface area (TPSA) is 51.1 Å². The molecule has 0 saturated carbocycles. The Morgan fingerprint density at radius 3 is 2.31 bits per heavy atom. The molecule has 1 aromatic carbocycles. The number of aryl methyl sites for hydroxylation is 3. The number of amides is 1. The number of benzene rings is 1. The van der Waals surface area contributed by atoms with Crippen molar-refractivity contribution in [1.29, 1.82) is 0 Å². The summed E-state index contributed by atoms with van der Waals surface area (Å²) in [5, 5.41) is 2.97. The molecule has 140 valence electrons. The average Bonchev–Trinajstić information content (AvgIpc) is 2.59. The minimum absolute atomic E-state index is 0.199. The molecule has 1 heterocycles. The summed E-state index contributed by atoms with van der Waals surface area (Å²) in [7, 11) is 0. The van der Waals surface area contributed by atoms with Crippen LogP contribution in [0.25, 0.3) is 0 Å². The molecule has 2 rings (SSSR count). The molecule has 0 fully saturated rings. The molecule has 4 nitrogen and oxygen atoms in total. The maximum Gasteiger partial charge on any atom is 0.261 e. The largest absolute Gasteiger partial charge is 0.348 e. The van der Waals surface area contributed by atoms with Gasteiger partial charge in [-0.3, -0.25) is 9.59 Å². The van der Waals surface area contributed by atoms with E-state index in [1.54, 1.807) is 6.07 Å². The number of rotatable bonds is 7. The maximum absolute atomic E-state index is 13.0. The first-order valence-electron chi connectivity index (χ1n) is 9.51.